The summed E-state index contributed by atoms with van der Waals surface area (Å²) in [7, 11) is 0. The van der Waals surface area contributed by atoms with Crippen molar-refractivity contribution >= 4 is 22.8 Å². The van der Waals surface area contributed by atoms with Crippen LogP contribution in [-0.4, -0.2) is 35.2 Å². The summed E-state index contributed by atoms with van der Waals surface area (Å²) >= 11 is 0. The van der Waals surface area contributed by atoms with Crippen molar-refractivity contribution in [2.75, 3.05) is 13.2 Å². The third-order valence-electron chi connectivity index (χ3n) is 3.87. The molecule has 1 aromatic heterocycles. The lowest BCUT2D eigenvalue weighted by molar-refractivity contribution is -0.137. The van der Waals surface area contributed by atoms with Crippen LogP contribution in [0.3, 0.4) is 0 Å². The Morgan fingerprint density at radius 1 is 1.11 bits per heavy atom. The normalized spacial score (nSPS) is 10.6. The van der Waals surface area contributed by atoms with Crippen LogP contribution < -0.4 is 15.5 Å². The van der Waals surface area contributed by atoms with Gasteiger partial charge in [0.15, 0.2) is 12.0 Å². The number of carbonyl (C=O) groups excluding carboxylic acids is 1. The first kappa shape index (κ1) is 19.0. The Bertz CT molecular complexity index is 1070. The van der Waals surface area contributed by atoms with Crippen LogP contribution in [0, 0.1) is 0 Å². The Balaban J connectivity index is 1.82. The Hall–Kier alpha value is -3.81. The highest BCUT2D eigenvalue weighted by Crippen LogP contribution is 2.31. The fraction of sp³-hybridized carbons (Fsp3) is 0.150. The van der Waals surface area contributed by atoms with Crippen molar-refractivity contribution in [2.45, 2.75) is 6.42 Å². The first-order valence-corrected chi connectivity index (χ1v) is 8.41. The summed E-state index contributed by atoms with van der Waals surface area (Å²) < 4.78 is 11.1. The van der Waals surface area contributed by atoms with Crippen LogP contribution in [0.25, 0.3) is 22.3 Å². The van der Waals surface area contributed by atoms with Crippen molar-refractivity contribution in [1.29, 1.82) is 0 Å². The van der Waals surface area contributed by atoms with Crippen molar-refractivity contribution in [1.82, 2.24) is 5.32 Å². The number of phenolic OH excluding ortho intramolecular Hbond substituents is 1. The highest BCUT2D eigenvalue weighted by atomic mass is 16.5. The van der Waals surface area contributed by atoms with Gasteiger partial charge in [-0.3, -0.25) is 14.4 Å². The molecule has 3 N–H and O–H groups in total. The van der Waals surface area contributed by atoms with E-state index in [-0.39, 0.29) is 42.0 Å². The number of carbonyl (C=O) groups is 2. The van der Waals surface area contributed by atoms with Gasteiger partial charge in [0, 0.05) is 30.3 Å². The number of carboxylic acids is 1. The lowest BCUT2D eigenvalue weighted by Crippen LogP contribution is -2.30. The molecule has 0 atom stereocenters. The number of rotatable bonds is 7. The zero-order valence-electron chi connectivity index (χ0n) is 14.7. The molecule has 1 amide bonds. The van der Waals surface area contributed by atoms with E-state index in [9.17, 15) is 19.5 Å². The van der Waals surface area contributed by atoms with Gasteiger partial charge >= 0.3 is 5.97 Å². The van der Waals surface area contributed by atoms with E-state index in [2.05, 4.69) is 5.32 Å². The highest BCUT2D eigenvalue weighted by Gasteiger charge is 2.13. The van der Waals surface area contributed by atoms with E-state index >= 15 is 0 Å². The van der Waals surface area contributed by atoms with E-state index in [0.29, 0.717) is 11.3 Å². The summed E-state index contributed by atoms with van der Waals surface area (Å²) in [5, 5.41) is 21.1. The number of aromatic hydroxyl groups is 1. The van der Waals surface area contributed by atoms with Gasteiger partial charge in [0.2, 0.25) is 0 Å². The minimum Gasteiger partial charge on any atom is -0.507 e. The third-order valence-corrected chi connectivity index (χ3v) is 3.87. The predicted octanol–water partition coefficient (Wildman–Crippen LogP) is 2.14. The maximum Gasteiger partial charge on any atom is 0.305 e. The number of carboxylic acid groups (broad SMARTS) is 1. The summed E-state index contributed by atoms with van der Waals surface area (Å²) in [6.45, 7) is -0.400. The second-order valence-corrected chi connectivity index (χ2v) is 5.94. The number of benzene rings is 2. The number of hydrogen-bond donors (Lipinski definition) is 3. The molecule has 1 heterocycles. The van der Waals surface area contributed by atoms with E-state index in [1.54, 1.807) is 24.3 Å². The SMILES string of the molecule is O=C(O)CCNC(=O)COc1cc(O)c2c(=O)cc(-c3ccccc3)oc2c1. The maximum absolute atomic E-state index is 12.4. The molecule has 0 radical (unpaired) electrons. The fourth-order valence-electron chi connectivity index (χ4n) is 2.58. The zero-order valence-corrected chi connectivity index (χ0v) is 14.7. The summed E-state index contributed by atoms with van der Waals surface area (Å²) in [6, 6.07) is 12.9. The van der Waals surface area contributed by atoms with Gasteiger partial charge in [0.05, 0.1) is 6.42 Å². The molecule has 3 rings (SSSR count). The molecule has 144 valence electrons. The van der Waals surface area contributed by atoms with Gasteiger partial charge in [0.1, 0.15) is 28.2 Å². The van der Waals surface area contributed by atoms with E-state index in [4.69, 9.17) is 14.3 Å². The Kier molecular flexibility index (Phi) is 5.59. The molecule has 0 saturated heterocycles. The molecule has 0 aliphatic carbocycles. The second-order valence-electron chi connectivity index (χ2n) is 5.94. The Morgan fingerprint density at radius 2 is 1.86 bits per heavy atom. The number of aliphatic carboxylic acids is 1. The van der Waals surface area contributed by atoms with Crippen molar-refractivity contribution < 1.29 is 29.0 Å². The Labute approximate surface area is 159 Å². The molecule has 8 nitrogen and oxygen atoms in total. The van der Waals surface area contributed by atoms with E-state index in [1.165, 1.54) is 18.2 Å². The van der Waals surface area contributed by atoms with Crippen molar-refractivity contribution in [2.24, 2.45) is 0 Å². The monoisotopic (exact) mass is 383 g/mol. The largest absolute Gasteiger partial charge is 0.507 e. The van der Waals surface area contributed by atoms with Gasteiger partial charge in [-0.25, -0.2) is 0 Å². The van der Waals surface area contributed by atoms with Crippen LogP contribution in [0.1, 0.15) is 6.42 Å². The molecule has 2 aromatic carbocycles. The number of amides is 1. The van der Waals surface area contributed by atoms with Crippen LogP contribution in [0.4, 0.5) is 0 Å². The van der Waals surface area contributed by atoms with Crippen LogP contribution in [0.2, 0.25) is 0 Å². The van der Waals surface area contributed by atoms with Crippen molar-refractivity contribution in [3.8, 4) is 22.8 Å². The van der Waals surface area contributed by atoms with Gasteiger partial charge in [-0.15, -0.1) is 0 Å². The van der Waals surface area contributed by atoms with Gasteiger partial charge in [-0.2, -0.15) is 0 Å². The highest BCUT2D eigenvalue weighted by molar-refractivity contribution is 5.86. The molecule has 0 aliphatic heterocycles. The fourth-order valence-corrected chi connectivity index (χ4v) is 2.58. The van der Waals surface area contributed by atoms with Crippen LogP contribution in [-0.2, 0) is 9.59 Å². The number of fused-ring (bicyclic) bond motifs is 1. The third kappa shape index (κ3) is 4.47. The predicted molar refractivity (Wildman–Crippen MR) is 100 cm³/mol. The molecule has 28 heavy (non-hydrogen) atoms. The van der Waals surface area contributed by atoms with Crippen LogP contribution >= 0.6 is 0 Å². The standard InChI is InChI=1S/C20H17NO7/c22-14-8-13(27-11-18(24)21-7-6-19(25)26)9-17-20(14)15(23)10-16(28-17)12-4-2-1-3-5-12/h1-5,8-10,22H,6-7,11H2,(H,21,24)(H,25,26). The number of nitrogens with one attached hydrogen (secondary N) is 1. The van der Waals surface area contributed by atoms with Gasteiger partial charge in [-0.05, 0) is 0 Å². The first-order chi connectivity index (χ1) is 13.4. The lowest BCUT2D eigenvalue weighted by atomic mass is 10.1. The smallest absolute Gasteiger partial charge is 0.305 e. The first-order valence-electron chi connectivity index (χ1n) is 8.41. The molecule has 0 aliphatic rings. The average Bonchev–Trinajstić information content (AvgIpc) is 2.66. The van der Waals surface area contributed by atoms with Crippen molar-refractivity contribution in [3.63, 3.8) is 0 Å². The van der Waals surface area contributed by atoms with E-state index < -0.39 is 17.3 Å². The average molecular weight is 383 g/mol. The summed E-state index contributed by atoms with van der Waals surface area (Å²) in [6.07, 6.45) is -0.198. The quantitative estimate of drug-likeness (QED) is 0.570. The molecule has 0 unspecified atom stereocenters. The maximum atomic E-state index is 12.4. The van der Waals surface area contributed by atoms with Crippen LogP contribution in [0.5, 0.6) is 11.5 Å². The molecule has 0 saturated carbocycles. The van der Waals surface area contributed by atoms with E-state index in [0.717, 1.165) is 0 Å². The molecule has 0 bridgehead atoms. The number of hydrogen-bond acceptors (Lipinski definition) is 6. The zero-order chi connectivity index (χ0) is 20.1. The van der Waals surface area contributed by atoms with Crippen molar-refractivity contribution in [3.05, 3.63) is 58.8 Å². The molecule has 8 heteroatoms. The topological polar surface area (TPSA) is 126 Å². The minimum atomic E-state index is -1.02. The van der Waals surface area contributed by atoms with Gasteiger partial charge in [-0.1, -0.05) is 30.3 Å². The molecular weight excluding hydrogens is 366 g/mol. The minimum absolute atomic E-state index is 0.0120. The number of ether oxygens (including phenoxy) is 1. The Morgan fingerprint density at radius 3 is 2.57 bits per heavy atom. The summed E-state index contributed by atoms with van der Waals surface area (Å²) in [5.41, 5.74) is 0.410. The second kappa shape index (κ2) is 8.26. The van der Waals surface area contributed by atoms with Gasteiger partial charge in [0.25, 0.3) is 5.91 Å². The van der Waals surface area contributed by atoms with Crippen LogP contribution in [0.15, 0.2) is 57.7 Å². The summed E-state index contributed by atoms with van der Waals surface area (Å²) in [4.78, 5) is 34.5. The van der Waals surface area contributed by atoms with E-state index in [1.807, 2.05) is 6.07 Å². The molecular formula is C20H17NO7. The molecule has 0 spiro atoms. The number of phenols is 1. The van der Waals surface area contributed by atoms with Gasteiger partial charge < -0.3 is 24.7 Å². The summed E-state index contributed by atoms with van der Waals surface area (Å²) in [5.74, 6) is -1.40. The molecule has 3 aromatic rings. The molecule has 0 fully saturated rings. The lowest BCUT2D eigenvalue weighted by Gasteiger charge is -2.09.